The first-order valence-electron chi connectivity index (χ1n) is 7.70. The third-order valence-corrected chi connectivity index (χ3v) is 5.05. The van der Waals surface area contributed by atoms with Gasteiger partial charge in [0.2, 0.25) is 15.9 Å². The van der Waals surface area contributed by atoms with E-state index in [1.165, 1.54) is 13.2 Å². The highest BCUT2D eigenvalue weighted by molar-refractivity contribution is 7.89. The minimum atomic E-state index is -3.67. The van der Waals surface area contributed by atoms with E-state index in [9.17, 15) is 13.2 Å². The molecular formula is C16H27N3O4S. The molecule has 0 bridgehead atoms. The van der Waals surface area contributed by atoms with Crippen molar-refractivity contribution in [2.45, 2.75) is 50.3 Å². The van der Waals surface area contributed by atoms with Crippen LogP contribution in [0, 0.1) is 0 Å². The standard InChI is InChI=1S/C16H27N3O4S/c1-16(2,3)19-24(21,22)14-8-6-5-7-12(14)11-18-15(20)9-13(10-17)23-4/h5-8,13,19H,9-11,17H2,1-4H3,(H,18,20). The number of sulfonamides is 1. The van der Waals surface area contributed by atoms with Gasteiger partial charge in [0, 0.05) is 25.7 Å². The Morgan fingerprint density at radius 1 is 1.29 bits per heavy atom. The number of rotatable bonds is 8. The lowest BCUT2D eigenvalue weighted by Crippen LogP contribution is -2.41. The normalized spacial score (nSPS) is 13.5. The van der Waals surface area contributed by atoms with Gasteiger partial charge in [-0.3, -0.25) is 4.79 Å². The zero-order chi connectivity index (χ0) is 18.4. The van der Waals surface area contributed by atoms with Gasteiger partial charge in [0.25, 0.3) is 0 Å². The summed E-state index contributed by atoms with van der Waals surface area (Å²) in [4.78, 5) is 12.1. The Labute approximate surface area is 144 Å². The van der Waals surface area contributed by atoms with Gasteiger partial charge in [-0.25, -0.2) is 13.1 Å². The lowest BCUT2D eigenvalue weighted by atomic mass is 10.1. The number of carbonyl (C=O) groups excluding carboxylic acids is 1. The van der Waals surface area contributed by atoms with E-state index in [0.717, 1.165) is 0 Å². The molecule has 0 spiro atoms. The van der Waals surface area contributed by atoms with Crippen LogP contribution in [0.1, 0.15) is 32.8 Å². The van der Waals surface area contributed by atoms with E-state index in [-0.39, 0.29) is 36.4 Å². The number of nitrogens with one attached hydrogen (secondary N) is 2. The average molecular weight is 357 g/mol. The van der Waals surface area contributed by atoms with Gasteiger partial charge in [-0.05, 0) is 32.4 Å². The SMILES string of the molecule is COC(CN)CC(=O)NCc1ccccc1S(=O)(=O)NC(C)(C)C. The molecule has 1 rings (SSSR count). The lowest BCUT2D eigenvalue weighted by Gasteiger charge is -2.21. The number of hydrogen-bond acceptors (Lipinski definition) is 5. The van der Waals surface area contributed by atoms with Gasteiger partial charge in [0.05, 0.1) is 17.4 Å². The van der Waals surface area contributed by atoms with Crippen LogP contribution in [-0.2, 0) is 26.1 Å². The van der Waals surface area contributed by atoms with Crippen LogP contribution in [-0.4, -0.2) is 39.6 Å². The summed E-state index contributed by atoms with van der Waals surface area (Å²) in [5.74, 6) is -0.247. The molecule has 0 saturated heterocycles. The van der Waals surface area contributed by atoms with Crippen LogP contribution in [0.4, 0.5) is 0 Å². The molecule has 1 amide bonds. The predicted molar refractivity (Wildman–Crippen MR) is 92.8 cm³/mol. The molecule has 1 aromatic rings. The molecule has 0 aliphatic heterocycles. The molecule has 0 saturated carbocycles. The maximum atomic E-state index is 12.5. The second kappa shape index (κ2) is 8.57. The Balaban J connectivity index is 2.86. The molecule has 0 aliphatic rings. The van der Waals surface area contributed by atoms with Crippen molar-refractivity contribution in [1.82, 2.24) is 10.0 Å². The Morgan fingerprint density at radius 3 is 2.46 bits per heavy atom. The topological polar surface area (TPSA) is 111 Å². The zero-order valence-corrected chi connectivity index (χ0v) is 15.4. The monoisotopic (exact) mass is 357 g/mol. The molecule has 136 valence electrons. The minimum absolute atomic E-state index is 0.112. The van der Waals surface area contributed by atoms with Crippen molar-refractivity contribution >= 4 is 15.9 Å². The highest BCUT2D eigenvalue weighted by Crippen LogP contribution is 2.17. The second-order valence-corrected chi connectivity index (χ2v) is 8.19. The fourth-order valence-corrected chi connectivity index (χ4v) is 3.77. The van der Waals surface area contributed by atoms with Gasteiger partial charge < -0.3 is 15.8 Å². The first kappa shape index (κ1) is 20.6. The molecule has 1 atom stereocenters. The van der Waals surface area contributed by atoms with Gasteiger partial charge in [-0.15, -0.1) is 0 Å². The van der Waals surface area contributed by atoms with Gasteiger partial charge in [0.15, 0.2) is 0 Å². The number of benzene rings is 1. The average Bonchev–Trinajstić information content (AvgIpc) is 2.48. The van der Waals surface area contributed by atoms with Crippen LogP contribution < -0.4 is 15.8 Å². The smallest absolute Gasteiger partial charge is 0.241 e. The van der Waals surface area contributed by atoms with E-state index in [1.54, 1.807) is 39.0 Å². The summed E-state index contributed by atoms with van der Waals surface area (Å²) >= 11 is 0. The fraction of sp³-hybridized carbons (Fsp3) is 0.562. The van der Waals surface area contributed by atoms with Crippen molar-refractivity contribution in [3.63, 3.8) is 0 Å². The maximum Gasteiger partial charge on any atom is 0.241 e. The Morgan fingerprint density at radius 2 is 1.92 bits per heavy atom. The van der Waals surface area contributed by atoms with Crippen molar-refractivity contribution in [3.8, 4) is 0 Å². The van der Waals surface area contributed by atoms with E-state index in [1.807, 2.05) is 0 Å². The second-order valence-electron chi connectivity index (χ2n) is 6.54. The Hall–Kier alpha value is -1.48. The van der Waals surface area contributed by atoms with Crippen molar-refractivity contribution in [2.75, 3.05) is 13.7 Å². The molecule has 1 aromatic carbocycles. The predicted octanol–water partition coefficient (Wildman–Crippen LogP) is 0.743. The van der Waals surface area contributed by atoms with Gasteiger partial charge in [0.1, 0.15) is 0 Å². The van der Waals surface area contributed by atoms with Crippen LogP contribution in [0.2, 0.25) is 0 Å². The summed E-state index contributed by atoms with van der Waals surface area (Å²) in [7, 11) is -2.18. The molecular weight excluding hydrogens is 330 g/mol. The first-order valence-corrected chi connectivity index (χ1v) is 9.19. The maximum absolute atomic E-state index is 12.5. The largest absolute Gasteiger partial charge is 0.380 e. The number of nitrogens with two attached hydrogens (primary N) is 1. The summed E-state index contributed by atoms with van der Waals surface area (Å²) in [5.41, 5.74) is 5.41. The third-order valence-electron chi connectivity index (χ3n) is 3.19. The first-order chi connectivity index (χ1) is 11.1. The summed E-state index contributed by atoms with van der Waals surface area (Å²) in [6, 6.07) is 6.58. The summed E-state index contributed by atoms with van der Waals surface area (Å²) in [6.07, 6.45) is -0.228. The molecule has 0 radical (unpaired) electrons. The van der Waals surface area contributed by atoms with Crippen molar-refractivity contribution < 1.29 is 17.9 Å². The Kier molecular flexibility index (Phi) is 7.34. The summed E-state index contributed by atoms with van der Waals surface area (Å²) in [5, 5.41) is 2.71. The van der Waals surface area contributed by atoms with E-state index in [4.69, 9.17) is 10.5 Å². The Bertz CT molecular complexity index is 650. The number of amides is 1. The summed E-state index contributed by atoms with van der Waals surface area (Å²) in [6.45, 7) is 5.66. The highest BCUT2D eigenvalue weighted by Gasteiger charge is 2.24. The van der Waals surface area contributed by atoms with Crippen LogP contribution in [0.15, 0.2) is 29.2 Å². The van der Waals surface area contributed by atoms with Crippen molar-refractivity contribution in [2.24, 2.45) is 5.73 Å². The van der Waals surface area contributed by atoms with E-state index < -0.39 is 15.6 Å². The molecule has 0 fully saturated rings. The number of carbonyl (C=O) groups is 1. The molecule has 8 heteroatoms. The fourth-order valence-electron chi connectivity index (χ4n) is 2.11. The van der Waals surface area contributed by atoms with Crippen LogP contribution in [0.5, 0.6) is 0 Å². The molecule has 0 aromatic heterocycles. The van der Waals surface area contributed by atoms with E-state index in [2.05, 4.69) is 10.0 Å². The molecule has 1 unspecified atom stereocenters. The van der Waals surface area contributed by atoms with Gasteiger partial charge in [-0.1, -0.05) is 18.2 Å². The van der Waals surface area contributed by atoms with Crippen LogP contribution in [0.3, 0.4) is 0 Å². The number of hydrogen-bond donors (Lipinski definition) is 3. The van der Waals surface area contributed by atoms with Crippen LogP contribution in [0.25, 0.3) is 0 Å². The van der Waals surface area contributed by atoms with E-state index in [0.29, 0.717) is 5.56 Å². The zero-order valence-electron chi connectivity index (χ0n) is 14.6. The summed E-state index contributed by atoms with van der Waals surface area (Å²) < 4.78 is 32.7. The van der Waals surface area contributed by atoms with Crippen molar-refractivity contribution in [1.29, 1.82) is 0 Å². The van der Waals surface area contributed by atoms with Crippen LogP contribution >= 0.6 is 0 Å². The third kappa shape index (κ3) is 6.56. The molecule has 0 heterocycles. The quantitative estimate of drug-likeness (QED) is 0.636. The van der Waals surface area contributed by atoms with Crippen molar-refractivity contribution in [3.05, 3.63) is 29.8 Å². The lowest BCUT2D eigenvalue weighted by molar-refractivity contribution is -0.123. The molecule has 0 aliphatic carbocycles. The molecule has 7 nitrogen and oxygen atoms in total. The highest BCUT2D eigenvalue weighted by atomic mass is 32.2. The number of methoxy groups -OCH3 is 1. The molecule has 4 N–H and O–H groups in total. The number of ether oxygens (including phenoxy) is 1. The molecule has 24 heavy (non-hydrogen) atoms. The van der Waals surface area contributed by atoms with Gasteiger partial charge in [-0.2, -0.15) is 0 Å². The van der Waals surface area contributed by atoms with Gasteiger partial charge >= 0.3 is 0 Å². The van der Waals surface area contributed by atoms with E-state index >= 15 is 0 Å². The minimum Gasteiger partial charge on any atom is -0.380 e.